The third kappa shape index (κ3) is 2.28. The highest BCUT2D eigenvalue weighted by atomic mass is 16.5. The number of nitriles is 1. The average Bonchev–Trinajstić information content (AvgIpc) is 2.28. The quantitative estimate of drug-likeness (QED) is 0.742. The van der Waals surface area contributed by atoms with E-state index in [0.717, 1.165) is 10.9 Å². The summed E-state index contributed by atoms with van der Waals surface area (Å²) in [5.41, 5.74) is 0.939. The lowest BCUT2D eigenvalue weighted by Gasteiger charge is -2.08. The summed E-state index contributed by atoms with van der Waals surface area (Å²) in [6, 6.07) is 8.60. The molecule has 0 aliphatic rings. The minimum atomic E-state index is -0.538. The van der Waals surface area contributed by atoms with E-state index in [9.17, 15) is 4.79 Å². The number of hydrogen-bond donors (Lipinski definition) is 0. The zero-order valence-corrected chi connectivity index (χ0v) is 9.56. The molecule has 0 saturated heterocycles. The molecular weight excluding hydrogens is 218 g/mol. The van der Waals surface area contributed by atoms with Crippen molar-refractivity contribution in [2.45, 2.75) is 20.0 Å². The summed E-state index contributed by atoms with van der Waals surface area (Å²) in [7, 11) is 0. The summed E-state index contributed by atoms with van der Waals surface area (Å²) in [4.78, 5) is 11.2. The Kier molecular flexibility index (Phi) is 2.84. The lowest BCUT2D eigenvalue weighted by Crippen LogP contribution is -2.08. The van der Waals surface area contributed by atoms with Crippen LogP contribution in [0, 0.1) is 18.3 Å². The van der Waals surface area contributed by atoms with Gasteiger partial charge >= 0.3 is 5.63 Å². The number of fused-ring (bicyclic) bond motifs is 1. The molecule has 17 heavy (non-hydrogen) atoms. The molecule has 0 spiro atoms. The van der Waals surface area contributed by atoms with Gasteiger partial charge in [0.1, 0.15) is 17.4 Å². The lowest BCUT2D eigenvalue weighted by atomic mass is 10.1. The minimum absolute atomic E-state index is 0.388. The predicted molar refractivity (Wildman–Crippen MR) is 62.9 cm³/mol. The molecular formula is C13H11NO3. The van der Waals surface area contributed by atoms with Crippen LogP contribution in [0.15, 0.2) is 33.5 Å². The molecule has 0 saturated carbocycles. The molecule has 0 N–H and O–H groups in total. The molecule has 1 aromatic carbocycles. The molecule has 0 aliphatic heterocycles. The van der Waals surface area contributed by atoms with E-state index in [0.29, 0.717) is 11.3 Å². The SMILES string of the molecule is Cc1cc(=O)oc2cc(OC(C)C#N)ccc12. The van der Waals surface area contributed by atoms with Crippen LogP contribution in [0.3, 0.4) is 0 Å². The number of benzene rings is 1. The maximum atomic E-state index is 11.2. The molecule has 0 amide bonds. The third-order valence-corrected chi connectivity index (χ3v) is 2.42. The van der Waals surface area contributed by atoms with E-state index < -0.39 is 6.10 Å². The van der Waals surface area contributed by atoms with Crippen molar-refractivity contribution in [1.82, 2.24) is 0 Å². The fourth-order valence-corrected chi connectivity index (χ4v) is 1.61. The monoisotopic (exact) mass is 229 g/mol. The Balaban J connectivity index is 2.51. The fraction of sp³-hybridized carbons (Fsp3) is 0.231. The van der Waals surface area contributed by atoms with Gasteiger partial charge in [-0.05, 0) is 31.5 Å². The molecule has 4 heteroatoms. The molecule has 4 nitrogen and oxygen atoms in total. The second-order valence-corrected chi connectivity index (χ2v) is 3.80. The van der Waals surface area contributed by atoms with E-state index in [1.807, 2.05) is 19.1 Å². The smallest absolute Gasteiger partial charge is 0.336 e. The summed E-state index contributed by atoms with van der Waals surface area (Å²) in [5.74, 6) is 0.514. The Hall–Kier alpha value is -2.28. The van der Waals surface area contributed by atoms with Crippen molar-refractivity contribution >= 4 is 11.0 Å². The summed E-state index contributed by atoms with van der Waals surface area (Å²) in [6.07, 6.45) is -0.538. The topological polar surface area (TPSA) is 63.2 Å². The predicted octanol–water partition coefficient (Wildman–Crippen LogP) is 2.39. The van der Waals surface area contributed by atoms with Crippen LogP contribution in [0.2, 0.25) is 0 Å². The highest BCUT2D eigenvalue weighted by Gasteiger charge is 2.06. The first-order chi connectivity index (χ1) is 8.10. The molecule has 0 bridgehead atoms. The Bertz CT molecular complexity index is 652. The lowest BCUT2D eigenvalue weighted by molar-refractivity contribution is 0.276. The summed E-state index contributed by atoms with van der Waals surface area (Å²) < 4.78 is 10.4. The largest absolute Gasteiger partial charge is 0.476 e. The molecule has 2 rings (SSSR count). The van der Waals surface area contributed by atoms with Gasteiger partial charge in [0.2, 0.25) is 0 Å². The minimum Gasteiger partial charge on any atom is -0.476 e. The second kappa shape index (κ2) is 4.30. The second-order valence-electron chi connectivity index (χ2n) is 3.80. The van der Waals surface area contributed by atoms with Crippen molar-refractivity contribution in [1.29, 1.82) is 5.26 Å². The fourth-order valence-electron chi connectivity index (χ4n) is 1.61. The van der Waals surface area contributed by atoms with Gasteiger partial charge < -0.3 is 9.15 Å². The van der Waals surface area contributed by atoms with Gasteiger partial charge in [-0.1, -0.05) is 0 Å². The maximum absolute atomic E-state index is 11.2. The first-order valence-electron chi connectivity index (χ1n) is 5.21. The molecule has 1 atom stereocenters. The summed E-state index contributed by atoms with van der Waals surface area (Å²) >= 11 is 0. The van der Waals surface area contributed by atoms with Crippen molar-refractivity contribution in [2.75, 3.05) is 0 Å². The molecule has 1 unspecified atom stereocenters. The number of rotatable bonds is 2. The molecule has 86 valence electrons. The van der Waals surface area contributed by atoms with E-state index in [-0.39, 0.29) is 5.63 Å². The van der Waals surface area contributed by atoms with E-state index in [4.69, 9.17) is 14.4 Å². The van der Waals surface area contributed by atoms with E-state index in [1.165, 1.54) is 6.07 Å². The average molecular weight is 229 g/mol. The van der Waals surface area contributed by atoms with E-state index >= 15 is 0 Å². The van der Waals surface area contributed by atoms with Gasteiger partial charge in [-0.3, -0.25) is 0 Å². The summed E-state index contributed by atoms with van der Waals surface area (Å²) in [5, 5.41) is 9.51. The van der Waals surface area contributed by atoms with Crippen LogP contribution >= 0.6 is 0 Å². The van der Waals surface area contributed by atoms with Gasteiger partial charge in [-0.25, -0.2) is 4.79 Å². The van der Waals surface area contributed by atoms with Crippen molar-refractivity contribution in [3.8, 4) is 11.8 Å². The Morgan fingerprint density at radius 3 is 2.88 bits per heavy atom. The van der Waals surface area contributed by atoms with Crippen molar-refractivity contribution in [2.24, 2.45) is 0 Å². The normalized spacial score (nSPS) is 12.1. The Morgan fingerprint density at radius 1 is 1.41 bits per heavy atom. The van der Waals surface area contributed by atoms with Crippen LogP contribution in [0.1, 0.15) is 12.5 Å². The first-order valence-corrected chi connectivity index (χ1v) is 5.21. The number of hydrogen-bond acceptors (Lipinski definition) is 4. The van der Waals surface area contributed by atoms with Gasteiger partial charge in [0.05, 0.1) is 0 Å². The van der Waals surface area contributed by atoms with E-state index in [2.05, 4.69) is 0 Å². The Labute approximate surface area is 98.0 Å². The first kappa shape index (κ1) is 11.2. The van der Waals surface area contributed by atoms with Crippen LogP contribution in [-0.2, 0) is 0 Å². The molecule has 2 aromatic rings. The van der Waals surface area contributed by atoms with Gasteiger partial charge in [-0.2, -0.15) is 5.26 Å². The van der Waals surface area contributed by atoms with Gasteiger partial charge in [0.25, 0.3) is 0 Å². The van der Waals surface area contributed by atoms with Crippen LogP contribution < -0.4 is 10.4 Å². The third-order valence-electron chi connectivity index (χ3n) is 2.42. The molecule has 1 heterocycles. The van der Waals surface area contributed by atoms with Crippen LogP contribution in [0.25, 0.3) is 11.0 Å². The molecule has 0 fully saturated rings. The van der Waals surface area contributed by atoms with Gasteiger partial charge in [0, 0.05) is 17.5 Å². The highest BCUT2D eigenvalue weighted by molar-refractivity contribution is 5.81. The van der Waals surface area contributed by atoms with E-state index in [1.54, 1.807) is 19.1 Å². The molecule has 1 aromatic heterocycles. The number of ether oxygens (including phenoxy) is 1. The number of aryl methyl sites for hydroxylation is 1. The molecule has 0 radical (unpaired) electrons. The van der Waals surface area contributed by atoms with Gasteiger partial charge in [0.15, 0.2) is 6.10 Å². The summed E-state index contributed by atoms with van der Waals surface area (Å²) in [6.45, 7) is 3.49. The molecule has 0 aliphatic carbocycles. The van der Waals surface area contributed by atoms with Crippen molar-refractivity contribution in [3.05, 3.63) is 40.2 Å². The zero-order chi connectivity index (χ0) is 12.4. The van der Waals surface area contributed by atoms with Gasteiger partial charge in [-0.15, -0.1) is 0 Å². The highest BCUT2D eigenvalue weighted by Crippen LogP contribution is 2.22. The van der Waals surface area contributed by atoms with Crippen LogP contribution in [0.5, 0.6) is 5.75 Å². The zero-order valence-electron chi connectivity index (χ0n) is 9.56. The van der Waals surface area contributed by atoms with Crippen molar-refractivity contribution in [3.63, 3.8) is 0 Å². The number of nitrogens with zero attached hydrogens (tertiary/aromatic N) is 1. The standard InChI is InChI=1S/C13H11NO3/c1-8-5-13(15)17-12-6-10(3-4-11(8)12)16-9(2)7-14/h3-6,9H,1-2H3. The maximum Gasteiger partial charge on any atom is 0.336 e. The Morgan fingerprint density at radius 2 is 2.18 bits per heavy atom. The van der Waals surface area contributed by atoms with Crippen LogP contribution in [0.4, 0.5) is 0 Å². The van der Waals surface area contributed by atoms with Crippen LogP contribution in [-0.4, -0.2) is 6.10 Å². The van der Waals surface area contributed by atoms with Crippen molar-refractivity contribution < 1.29 is 9.15 Å².